The van der Waals surface area contributed by atoms with Gasteiger partial charge in [0.25, 0.3) is 0 Å². The van der Waals surface area contributed by atoms with Gasteiger partial charge in [-0.2, -0.15) is 0 Å². The molecule has 1 unspecified atom stereocenters. The van der Waals surface area contributed by atoms with Gasteiger partial charge in [-0.15, -0.1) is 12.4 Å². The molecule has 0 radical (unpaired) electrons. The van der Waals surface area contributed by atoms with Crippen LogP contribution >= 0.6 is 12.4 Å². The maximum atomic E-state index is 9.25. The van der Waals surface area contributed by atoms with Crippen LogP contribution in [-0.4, -0.2) is 46.8 Å². The quantitative estimate of drug-likeness (QED) is 0.486. The van der Waals surface area contributed by atoms with Crippen molar-refractivity contribution in [2.75, 3.05) is 19.8 Å². The zero-order valence-electron chi connectivity index (χ0n) is 8.77. The number of ether oxygens (including phenoxy) is 1. The van der Waals surface area contributed by atoms with Gasteiger partial charge in [0.05, 0.1) is 18.8 Å². The van der Waals surface area contributed by atoms with Gasteiger partial charge in [-0.05, 0) is 20.3 Å². The molecular formula is C8H22ClNO4. The zero-order chi connectivity index (χ0) is 9.61. The lowest BCUT2D eigenvalue weighted by atomic mass is 10.1. The summed E-state index contributed by atoms with van der Waals surface area (Å²) in [4.78, 5) is 0. The van der Waals surface area contributed by atoms with Gasteiger partial charge in [0.15, 0.2) is 0 Å². The molecule has 0 aliphatic carbocycles. The molecule has 0 aromatic carbocycles. The van der Waals surface area contributed by atoms with E-state index in [2.05, 4.69) is 0 Å². The summed E-state index contributed by atoms with van der Waals surface area (Å²) in [5, 5.41) is 26.5. The Bertz CT molecular complexity index is 118. The van der Waals surface area contributed by atoms with Crippen LogP contribution in [0, 0.1) is 0 Å². The Kier molecular flexibility index (Phi) is 13.5. The van der Waals surface area contributed by atoms with Gasteiger partial charge >= 0.3 is 0 Å². The molecule has 14 heavy (non-hydrogen) atoms. The predicted molar refractivity (Wildman–Crippen MR) is 57.1 cm³/mol. The van der Waals surface area contributed by atoms with Gasteiger partial charge in [-0.25, -0.2) is 0 Å². The highest BCUT2D eigenvalue weighted by molar-refractivity contribution is 5.85. The van der Waals surface area contributed by atoms with Crippen molar-refractivity contribution >= 4 is 12.4 Å². The average Bonchev–Trinajstić information content (AvgIpc) is 1.96. The highest BCUT2D eigenvalue weighted by Gasteiger charge is 2.12. The number of hydrogen-bond donors (Lipinski definition) is 4. The molecule has 0 aliphatic rings. The van der Waals surface area contributed by atoms with Crippen LogP contribution in [-0.2, 0) is 4.74 Å². The van der Waals surface area contributed by atoms with Gasteiger partial charge in [-0.3, -0.25) is 0 Å². The fourth-order valence-corrected chi connectivity index (χ4v) is 0.594. The van der Waals surface area contributed by atoms with Gasteiger partial charge < -0.3 is 26.2 Å². The molecule has 0 fully saturated rings. The van der Waals surface area contributed by atoms with E-state index in [1.54, 1.807) is 13.8 Å². The minimum atomic E-state index is -0.813. The predicted octanol–water partition coefficient (Wildman–Crippen LogP) is 0.101. The Labute approximate surface area is 91.1 Å². The van der Waals surface area contributed by atoms with Crippen molar-refractivity contribution in [1.29, 1.82) is 0 Å². The lowest BCUT2D eigenvalue weighted by Crippen LogP contribution is -2.24. The van der Waals surface area contributed by atoms with Crippen LogP contribution in [0.2, 0.25) is 0 Å². The second-order valence-electron chi connectivity index (χ2n) is 3.47. The molecule has 0 spiro atoms. The number of aliphatic hydroxyl groups is 3. The first-order valence-electron chi connectivity index (χ1n) is 4.05. The normalized spacial score (nSPS) is 12.6. The van der Waals surface area contributed by atoms with Crippen molar-refractivity contribution < 1.29 is 20.1 Å². The van der Waals surface area contributed by atoms with E-state index in [9.17, 15) is 5.11 Å². The molecule has 0 rings (SSSR count). The van der Waals surface area contributed by atoms with Crippen LogP contribution in [0.3, 0.4) is 0 Å². The first kappa shape index (κ1) is 19.6. The molecule has 0 bridgehead atoms. The van der Waals surface area contributed by atoms with E-state index in [0.29, 0.717) is 13.0 Å². The first-order chi connectivity index (χ1) is 5.45. The summed E-state index contributed by atoms with van der Waals surface area (Å²) in [7, 11) is 0. The summed E-state index contributed by atoms with van der Waals surface area (Å²) in [6.45, 7) is 3.60. The molecule has 0 amide bonds. The van der Waals surface area contributed by atoms with Crippen molar-refractivity contribution in [1.82, 2.24) is 6.15 Å². The molecule has 0 saturated carbocycles. The monoisotopic (exact) mass is 231 g/mol. The fraction of sp³-hybridized carbons (Fsp3) is 1.00. The second-order valence-corrected chi connectivity index (χ2v) is 3.47. The minimum Gasteiger partial charge on any atom is -0.394 e. The van der Waals surface area contributed by atoms with E-state index in [1.807, 2.05) is 0 Å². The zero-order valence-corrected chi connectivity index (χ0v) is 9.59. The van der Waals surface area contributed by atoms with E-state index in [0.717, 1.165) is 0 Å². The van der Waals surface area contributed by atoms with E-state index < -0.39 is 11.7 Å². The van der Waals surface area contributed by atoms with Crippen LogP contribution in [0.1, 0.15) is 20.3 Å². The molecule has 0 saturated heterocycles. The molecule has 6 N–H and O–H groups in total. The molecule has 0 aromatic rings. The Hall–Kier alpha value is 0.0900. The van der Waals surface area contributed by atoms with Crippen LogP contribution in [0.5, 0.6) is 0 Å². The van der Waals surface area contributed by atoms with Gasteiger partial charge in [0.1, 0.15) is 6.10 Å². The van der Waals surface area contributed by atoms with Crippen molar-refractivity contribution in [3.63, 3.8) is 0 Å². The first-order valence-corrected chi connectivity index (χ1v) is 4.05. The maximum Gasteiger partial charge on any atom is 0.100 e. The van der Waals surface area contributed by atoms with Crippen LogP contribution in [0.25, 0.3) is 0 Å². The fourth-order valence-electron chi connectivity index (χ4n) is 0.594. The van der Waals surface area contributed by atoms with E-state index in [-0.39, 0.29) is 31.8 Å². The summed E-state index contributed by atoms with van der Waals surface area (Å²) in [6.07, 6.45) is -0.294. The minimum absolute atomic E-state index is 0. The third-order valence-corrected chi connectivity index (χ3v) is 1.38. The summed E-state index contributed by atoms with van der Waals surface area (Å²) < 4.78 is 4.99. The molecule has 6 heteroatoms. The highest BCUT2D eigenvalue weighted by atomic mass is 35.5. The largest absolute Gasteiger partial charge is 0.394 e. The highest BCUT2D eigenvalue weighted by Crippen LogP contribution is 2.06. The molecule has 0 heterocycles. The Morgan fingerprint density at radius 2 is 1.86 bits per heavy atom. The van der Waals surface area contributed by atoms with Gasteiger partial charge in [0, 0.05) is 6.61 Å². The molecule has 0 aliphatic heterocycles. The van der Waals surface area contributed by atoms with E-state index >= 15 is 0 Å². The van der Waals surface area contributed by atoms with Crippen molar-refractivity contribution in [2.24, 2.45) is 0 Å². The van der Waals surface area contributed by atoms with Crippen molar-refractivity contribution in [3.05, 3.63) is 0 Å². The summed E-state index contributed by atoms with van der Waals surface area (Å²) in [5.74, 6) is 0. The lowest BCUT2D eigenvalue weighted by molar-refractivity contribution is -0.0170. The number of aliphatic hydroxyl groups excluding tert-OH is 2. The summed E-state index contributed by atoms with van der Waals surface area (Å²) >= 11 is 0. The Balaban J connectivity index is -0.000000605. The third-order valence-electron chi connectivity index (χ3n) is 1.38. The molecular weight excluding hydrogens is 210 g/mol. The number of rotatable bonds is 6. The topological polar surface area (TPSA) is 105 Å². The molecule has 0 aromatic heterocycles. The van der Waals surface area contributed by atoms with E-state index in [4.69, 9.17) is 14.9 Å². The van der Waals surface area contributed by atoms with E-state index in [1.165, 1.54) is 0 Å². The smallest absolute Gasteiger partial charge is 0.100 e. The van der Waals surface area contributed by atoms with Crippen LogP contribution < -0.4 is 6.15 Å². The number of halogens is 1. The lowest BCUT2D eigenvalue weighted by Gasteiger charge is -2.17. The SMILES string of the molecule is CC(C)(O)CCOCC(O)CO.Cl.N. The standard InChI is InChI=1S/C8H18O4.ClH.H3N/c1-8(2,11)3-4-12-6-7(10)5-9;;/h7,9-11H,3-6H2,1-2H3;1H;1H3. The second kappa shape index (κ2) is 9.64. The van der Waals surface area contributed by atoms with Crippen LogP contribution in [0.4, 0.5) is 0 Å². The summed E-state index contributed by atoms with van der Waals surface area (Å²) in [6, 6.07) is 0. The third kappa shape index (κ3) is 14.6. The Morgan fingerprint density at radius 1 is 1.36 bits per heavy atom. The maximum absolute atomic E-state index is 9.25. The molecule has 5 nitrogen and oxygen atoms in total. The van der Waals surface area contributed by atoms with Crippen molar-refractivity contribution in [2.45, 2.75) is 32.0 Å². The molecule has 90 valence electrons. The number of hydrogen-bond acceptors (Lipinski definition) is 5. The van der Waals surface area contributed by atoms with Crippen molar-refractivity contribution in [3.8, 4) is 0 Å². The Morgan fingerprint density at radius 3 is 2.21 bits per heavy atom. The van der Waals surface area contributed by atoms with Crippen LogP contribution in [0.15, 0.2) is 0 Å². The molecule has 1 atom stereocenters. The summed E-state index contributed by atoms with van der Waals surface area (Å²) in [5.41, 5.74) is -0.732. The van der Waals surface area contributed by atoms with Gasteiger partial charge in [0.2, 0.25) is 0 Å². The van der Waals surface area contributed by atoms with Gasteiger partial charge in [-0.1, -0.05) is 0 Å². The average molecular weight is 232 g/mol.